The monoisotopic (exact) mass is 276 g/mol. The maximum absolute atomic E-state index is 12.1. The van der Waals surface area contributed by atoms with Crippen molar-refractivity contribution >= 4 is 11.7 Å². The van der Waals surface area contributed by atoms with Gasteiger partial charge in [-0.25, -0.2) is 4.98 Å². The molecule has 2 aliphatic heterocycles. The molecule has 3 heterocycles. The largest absolute Gasteiger partial charge is 0.379 e. The van der Waals surface area contributed by atoms with Crippen LogP contribution in [0.15, 0.2) is 18.3 Å². The third kappa shape index (κ3) is 3.08. The fourth-order valence-electron chi connectivity index (χ4n) is 2.52. The summed E-state index contributed by atoms with van der Waals surface area (Å²) < 4.78 is 5.25. The van der Waals surface area contributed by atoms with Gasteiger partial charge in [-0.15, -0.1) is 0 Å². The zero-order chi connectivity index (χ0) is 13.8. The van der Waals surface area contributed by atoms with E-state index in [4.69, 9.17) is 4.74 Å². The number of piperazine rings is 1. The molecule has 2 aliphatic rings. The molecule has 2 fully saturated rings. The van der Waals surface area contributed by atoms with Crippen molar-refractivity contribution < 1.29 is 9.53 Å². The Morgan fingerprint density at radius 3 is 2.90 bits per heavy atom. The molecule has 2 saturated heterocycles. The van der Waals surface area contributed by atoms with Crippen LogP contribution in [0.1, 0.15) is 16.8 Å². The van der Waals surface area contributed by atoms with Gasteiger partial charge in [-0.3, -0.25) is 4.79 Å². The standard InChI is InChI=1S/C14H20N4O2/c19-14(17-12-3-8-20-10-12)11-1-2-13(16-9-11)18-6-4-15-5-7-18/h1-2,9,12,15H,3-8,10H2,(H,17,19). The highest BCUT2D eigenvalue weighted by atomic mass is 16.5. The van der Waals surface area contributed by atoms with Crippen molar-refractivity contribution in [3.05, 3.63) is 23.9 Å². The number of hydrogen-bond acceptors (Lipinski definition) is 5. The van der Waals surface area contributed by atoms with Gasteiger partial charge in [-0.1, -0.05) is 0 Å². The lowest BCUT2D eigenvalue weighted by Crippen LogP contribution is -2.43. The summed E-state index contributed by atoms with van der Waals surface area (Å²) in [5, 5.41) is 6.28. The number of carbonyl (C=O) groups excluding carboxylic acids is 1. The molecule has 2 N–H and O–H groups in total. The number of nitrogens with one attached hydrogen (secondary N) is 2. The minimum absolute atomic E-state index is 0.0696. The van der Waals surface area contributed by atoms with Gasteiger partial charge in [-0.05, 0) is 18.6 Å². The van der Waals surface area contributed by atoms with Gasteiger partial charge < -0.3 is 20.3 Å². The molecule has 6 heteroatoms. The van der Waals surface area contributed by atoms with Gasteiger partial charge in [0.1, 0.15) is 5.82 Å². The molecule has 1 unspecified atom stereocenters. The predicted octanol–water partition coefficient (Wildman–Crippen LogP) is 0.00990. The van der Waals surface area contributed by atoms with Crippen LogP contribution in [0.3, 0.4) is 0 Å². The number of nitrogens with zero attached hydrogens (tertiary/aromatic N) is 2. The summed E-state index contributed by atoms with van der Waals surface area (Å²) in [6.45, 7) is 5.20. The van der Waals surface area contributed by atoms with Gasteiger partial charge in [0.15, 0.2) is 0 Å². The van der Waals surface area contributed by atoms with Crippen LogP contribution < -0.4 is 15.5 Å². The molecule has 0 aromatic carbocycles. The van der Waals surface area contributed by atoms with Crippen molar-refractivity contribution in [2.75, 3.05) is 44.3 Å². The Bertz CT molecular complexity index is 451. The van der Waals surface area contributed by atoms with Crippen molar-refractivity contribution in [1.82, 2.24) is 15.6 Å². The molecule has 108 valence electrons. The molecular formula is C14H20N4O2. The molecule has 1 atom stereocenters. The van der Waals surface area contributed by atoms with Crippen LogP contribution in [0.25, 0.3) is 0 Å². The molecular weight excluding hydrogens is 256 g/mol. The molecule has 1 aromatic rings. The van der Waals surface area contributed by atoms with Gasteiger partial charge in [0.25, 0.3) is 5.91 Å². The first-order chi connectivity index (χ1) is 9.83. The quantitative estimate of drug-likeness (QED) is 0.814. The Balaban J connectivity index is 1.61. The van der Waals surface area contributed by atoms with Crippen LogP contribution >= 0.6 is 0 Å². The van der Waals surface area contributed by atoms with E-state index in [0.29, 0.717) is 12.2 Å². The number of ether oxygens (including phenoxy) is 1. The summed E-state index contributed by atoms with van der Waals surface area (Å²) >= 11 is 0. The van der Waals surface area contributed by atoms with E-state index in [1.165, 1.54) is 0 Å². The number of carbonyl (C=O) groups is 1. The Morgan fingerprint density at radius 2 is 2.25 bits per heavy atom. The number of hydrogen-bond donors (Lipinski definition) is 2. The van der Waals surface area contributed by atoms with E-state index in [9.17, 15) is 4.79 Å². The minimum Gasteiger partial charge on any atom is -0.379 e. The molecule has 0 radical (unpaired) electrons. The smallest absolute Gasteiger partial charge is 0.253 e. The molecule has 1 aromatic heterocycles. The maximum atomic E-state index is 12.1. The van der Waals surface area contributed by atoms with Crippen LogP contribution in [0.2, 0.25) is 0 Å². The summed E-state index contributed by atoms with van der Waals surface area (Å²) in [7, 11) is 0. The number of anilines is 1. The van der Waals surface area contributed by atoms with Crippen LogP contribution in [-0.2, 0) is 4.74 Å². The van der Waals surface area contributed by atoms with Crippen LogP contribution in [0.5, 0.6) is 0 Å². The van der Waals surface area contributed by atoms with Crippen molar-refractivity contribution in [3.63, 3.8) is 0 Å². The van der Waals surface area contributed by atoms with Gasteiger partial charge in [0, 0.05) is 39.0 Å². The number of rotatable bonds is 3. The topological polar surface area (TPSA) is 66.5 Å². The van der Waals surface area contributed by atoms with Gasteiger partial charge in [0.2, 0.25) is 0 Å². The predicted molar refractivity (Wildman–Crippen MR) is 76.0 cm³/mol. The zero-order valence-corrected chi connectivity index (χ0v) is 11.5. The minimum atomic E-state index is -0.0696. The van der Waals surface area contributed by atoms with Gasteiger partial charge >= 0.3 is 0 Å². The molecule has 6 nitrogen and oxygen atoms in total. The van der Waals surface area contributed by atoms with Crippen LogP contribution in [-0.4, -0.2) is 56.3 Å². The normalized spacial score (nSPS) is 22.8. The zero-order valence-electron chi connectivity index (χ0n) is 11.5. The summed E-state index contributed by atoms with van der Waals surface area (Å²) in [6.07, 6.45) is 2.54. The van der Waals surface area contributed by atoms with E-state index in [-0.39, 0.29) is 11.9 Å². The van der Waals surface area contributed by atoms with E-state index in [1.54, 1.807) is 6.20 Å². The van der Waals surface area contributed by atoms with E-state index in [1.807, 2.05) is 12.1 Å². The lowest BCUT2D eigenvalue weighted by molar-refractivity contribution is 0.0929. The summed E-state index contributed by atoms with van der Waals surface area (Å²) in [5.74, 6) is 0.868. The Morgan fingerprint density at radius 1 is 1.40 bits per heavy atom. The first kappa shape index (κ1) is 13.3. The first-order valence-electron chi connectivity index (χ1n) is 7.13. The highest BCUT2D eigenvalue weighted by molar-refractivity contribution is 5.94. The van der Waals surface area contributed by atoms with E-state index in [0.717, 1.165) is 45.0 Å². The van der Waals surface area contributed by atoms with Crippen molar-refractivity contribution in [1.29, 1.82) is 0 Å². The van der Waals surface area contributed by atoms with Crippen molar-refractivity contribution in [2.45, 2.75) is 12.5 Å². The fraction of sp³-hybridized carbons (Fsp3) is 0.571. The maximum Gasteiger partial charge on any atom is 0.253 e. The summed E-state index contributed by atoms with van der Waals surface area (Å²) in [5.41, 5.74) is 0.607. The molecule has 3 rings (SSSR count). The second-order valence-corrected chi connectivity index (χ2v) is 5.18. The lowest BCUT2D eigenvalue weighted by Gasteiger charge is -2.28. The first-order valence-corrected chi connectivity index (χ1v) is 7.13. The average molecular weight is 276 g/mol. The Kier molecular flexibility index (Phi) is 4.13. The van der Waals surface area contributed by atoms with Crippen molar-refractivity contribution in [3.8, 4) is 0 Å². The second-order valence-electron chi connectivity index (χ2n) is 5.18. The third-order valence-electron chi connectivity index (χ3n) is 3.72. The molecule has 1 amide bonds. The van der Waals surface area contributed by atoms with E-state index in [2.05, 4.69) is 20.5 Å². The molecule has 0 aliphatic carbocycles. The highest BCUT2D eigenvalue weighted by Gasteiger charge is 2.19. The Labute approximate surface area is 118 Å². The summed E-state index contributed by atoms with van der Waals surface area (Å²) in [6, 6.07) is 3.90. The Hall–Kier alpha value is -1.66. The fourth-order valence-corrected chi connectivity index (χ4v) is 2.52. The molecule has 0 spiro atoms. The van der Waals surface area contributed by atoms with Crippen molar-refractivity contribution in [2.24, 2.45) is 0 Å². The number of pyridine rings is 1. The van der Waals surface area contributed by atoms with Gasteiger partial charge in [0.05, 0.1) is 18.2 Å². The number of amides is 1. The number of aromatic nitrogens is 1. The molecule has 0 bridgehead atoms. The summed E-state index contributed by atoms with van der Waals surface area (Å²) in [4.78, 5) is 18.7. The SMILES string of the molecule is O=C(NC1CCOC1)c1ccc(N2CCNCC2)nc1. The van der Waals surface area contributed by atoms with Crippen LogP contribution in [0, 0.1) is 0 Å². The molecule has 20 heavy (non-hydrogen) atoms. The third-order valence-corrected chi connectivity index (χ3v) is 3.72. The van der Waals surface area contributed by atoms with E-state index >= 15 is 0 Å². The highest BCUT2D eigenvalue weighted by Crippen LogP contribution is 2.12. The average Bonchev–Trinajstić information content (AvgIpc) is 3.01. The van der Waals surface area contributed by atoms with E-state index < -0.39 is 0 Å². The molecule has 0 saturated carbocycles. The lowest BCUT2D eigenvalue weighted by atomic mass is 10.2. The van der Waals surface area contributed by atoms with Crippen LogP contribution in [0.4, 0.5) is 5.82 Å². The van der Waals surface area contributed by atoms with Gasteiger partial charge in [-0.2, -0.15) is 0 Å². The second kappa shape index (κ2) is 6.19.